The van der Waals surface area contributed by atoms with Crippen molar-refractivity contribution in [2.24, 2.45) is 0 Å². The van der Waals surface area contributed by atoms with Crippen LogP contribution in [0.5, 0.6) is 0 Å². The molecule has 0 N–H and O–H groups in total. The van der Waals surface area contributed by atoms with Gasteiger partial charge in [0.25, 0.3) is 8.32 Å². The van der Waals surface area contributed by atoms with Gasteiger partial charge in [0.2, 0.25) is 0 Å². The summed E-state index contributed by atoms with van der Waals surface area (Å²) in [5, 5.41) is 2.59. The Balaban J connectivity index is 1.88. The lowest BCUT2D eigenvalue weighted by atomic mass is 10.2. The average molecular weight is 411 g/mol. The molecule has 2 aromatic carbocycles. The zero-order valence-electron chi connectivity index (χ0n) is 18.1. The molecule has 0 spiro atoms. The molecule has 1 aliphatic heterocycles. The molecule has 3 nitrogen and oxygen atoms in total. The van der Waals surface area contributed by atoms with Crippen LogP contribution in [0.1, 0.15) is 40.5 Å². The van der Waals surface area contributed by atoms with Gasteiger partial charge in [-0.25, -0.2) is 0 Å². The Morgan fingerprint density at radius 2 is 1.48 bits per heavy atom. The molecule has 1 atom stereocenters. The van der Waals surface area contributed by atoms with Gasteiger partial charge in [0.05, 0.1) is 19.3 Å². The van der Waals surface area contributed by atoms with E-state index in [0.717, 1.165) is 26.1 Å². The van der Waals surface area contributed by atoms with Crippen LogP contribution in [0.3, 0.4) is 0 Å². The molecule has 156 valence electrons. The molecular weight excluding hydrogens is 376 g/mol. The van der Waals surface area contributed by atoms with E-state index < -0.39 is 8.32 Å². The van der Waals surface area contributed by atoms with Crippen LogP contribution in [0.25, 0.3) is 0 Å². The van der Waals surface area contributed by atoms with Crippen LogP contribution in [-0.2, 0) is 13.9 Å². The normalized spacial score (nSPS) is 17.5. The Morgan fingerprint density at radius 3 is 1.97 bits per heavy atom. The highest BCUT2D eigenvalue weighted by molar-refractivity contribution is 6.99. The van der Waals surface area contributed by atoms with Crippen molar-refractivity contribution in [3.05, 3.63) is 72.8 Å². The van der Waals surface area contributed by atoms with Gasteiger partial charge in [-0.3, -0.25) is 0 Å². The quantitative estimate of drug-likeness (QED) is 0.491. The molecule has 1 aliphatic rings. The Kier molecular flexibility index (Phi) is 7.47. The zero-order valence-corrected chi connectivity index (χ0v) is 19.1. The topological polar surface area (TPSA) is 27.7 Å². The van der Waals surface area contributed by atoms with Crippen molar-refractivity contribution >= 4 is 18.7 Å². The highest BCUT2D eigenvalue weighted by Gasteiger charge is 2.50. The minimum absolute atomic E-state index is 0.00936. The number of rotatable bonds is 7. The van der Waals surface area contributed by atoms with Gasteiger partial charge in [-0.1, -0.05) is 93.6 Å². The van der Waals surface area contributed by atoms with Crippen molar-refractivity contribution in [1.82, 2.24) is 0 Å². The van der Waals surface area contributed by atoms with Crippen molar-refractivity contribution in [1.29, 1.82) is 0 Å². The molecule has 0 unspecified atom stereocenters. The first-order valence-electron chi connectivity index (χ1n) is 10.6. The number of benzene rings is 2. The second kappa shape index (κ2) is 9.85. The molecule has 0 amide bonds. The van der Waals surface area contributed by atoms with Crippen LogP contribution in [0.15, 0.2) is 72.8 Å². The van der Waals surface area contributed by atoms with Crippen molar-refractivity contribution < 1.29 is 13.9 Å². The maximum Gasteiger partial charge on any atom is 0.261 e. The molecule has 0 bridgehead atoms. The van der Waals surface area contributed by atoms with Crippen LogP contribution in [0.2, 0.25) is 5.04 Å². The summed E-state index contributed by atoms with van der Waals surface area (Å²) in [6.45, 7) is 10.6. The predicted molar refractivity (Wildman–Crippen MR) is 122 cm³/mol. The first kappa shape index (κ1) is 22.0. The molecule has 3 rings (SSSR count). The number of hydrogen-bond donors (Lipinski definition) is 0. The lowest BCUT2D eigenvalue weighted by Gasteiger charge is -2.44. The molecule has 29 heavy (non-hydrogen) atoms. The van der Waals surface area contributed by atoms with Crippen LogP contribution < -0.4 is 10.4 Å². The maximum absolute atomic E-state index is 7.03. The highest BCUT2D eigenvalue weighted by Crippen LogP contribution is 2.37. The summed E-state index contributed by atoms with van der Waals surface area (Å²) in [5.74, 6) is 0. The molecule has 2 aromatic rings. The lowest BCUT2D eigenvalue weighted by Crippen LogP contribution is -2.67. The average Bonchev–Trinajstić information content (AvgIpc) is 2.73. The van der Waals surface area contributed by atoms with Crippen molar-refractivity contribution in [3.8, 4) is 0 Å². The molecular formula is C25H34O3Si. The van der Waals surface area contributed by atoms with E-state index in [1.807, 2.05) is 0 Å². The summed E-state index contributed by atoms with van der Waals surface area (Å²) in [6, 6.07) is 21.5. The van der Waals surface area contributed by atoms with E-state index >= 15 is 0 Å². The Labute approximate surface area is 176 Å². The van der Waals surface area contributed by atoms with E-state index in [1.54, 1.807) is 0 Å². The Hall–Kier alpha value is -1.72. The van der Waals surface area contributed by atoms with Crippen LogP contribution in [-0.4, -0.2) is 33.9 Å². The van der Waals surface area contributed by atoms with E-state index in [4.69, 9.17) is 13.9 Å². The monoisotopic (exact) mass is 410 g/mol. The van der Waals surface area contributed by atoms with Crippen molar-refractivity contribution in [2.45, 2.75) is 58.0 Å². The highest BCUT2D eigenvalue weighted by atomic mass is 28.4. The van der Waals surface area contributed by atoms with Crippen molar-refractivity contribution in [2.75, 3.05) is 13.2 Å². The first-order chi connectivity index (χ1) is 13.9. The van der Waals surface area contributed by atoms with E-state index in [1.165, 1.54) is 10.4 Å². The molecule has 1 heterocycles. The Morgan fingerprint density at radius 1 is 0.966 bits per heavy atom. The third-order valence-electron chi connectivity index (χ3n) is 5.41. The van der Waals surface area contributed by atoms with Gasteiger partial charge in [0.1, 0.15) is 0 Å². The summed E-state index contributed by atoms with van der Waals surface area (Å²) in [7, 11) is -2.52. The molecule has 1 fully saturated rings. The number of hydrogen-bond acceptors (Lipinski definition) is 3. The van der Waals surface area contributed by atoms with Gasteiger partial charge in [-0.15, -0.1) is 0 Å². The minimum Gasteiger partial charge on any atom is -0.401 e. The van der Waals surface area contributed by atoms with Gasteiger partial charge >= 0.3 is 0 Å². The SMILES string of the molecule is C[C@@H](/C=C\CC1OCCCO1)O[Si](c1ccccc1)(c1ccccc1)C(C)(C)C. The van der Waals surface area contributed by atoms with Gasteiger partial charge in [-0.05, 0) is 28.8 Å². The van der Waals surface area contributed by atoms with E-state index in [-0.39, 0.29) is 17.4 Å². The van der Waals surface area contributed by atoms with Gasteiger partial charge in [0.15, 0.2) is 6.29 Å². The zero-order chi connectivity index (χ0) is 20.7. The molecule has 0 aromatic heterocycles. The molecule has 0 aliphatic carbocycles. The fraction of sp³-hybridized carbons (Fsp3) is 0.440. The summed E-state index contributed by atoms with van der Waals surface area (Å²) >= 11 is 0. The largest absolute Gasteiger partial charge is 0.401 e. The fourth-order valence-corrected chi connectivity index (χ4v) is 8.71. The van der Waals surface area contributed by atoms with Crippen molar-refractivity contribution in [3.63, 3.8) is 0 Å². The van der Waals surface area contributed by atoms with E-state index in [2.05, 4.69) is 101 Å². The molecule has 0 radical (unpaired) electrons. The summed E-state index contributed by atoms with van der Waals surface area (Å²) in [5.41, 5.74) is 0. The molecule has 0 saturated carbocycles. The third kappa shape index (κ3) is 5.26. The smallest absolute Gasteiger partial charge is 0.261 e. The maximum atomic E-state index is 7.03. The van der Waals surface area contributed by atoms with Gasteiger partial charge in [-0.2, -0.15) is 0 Å². The van der Waals surface area contributed by atoms with Crippen LogP contribution in [0.4, 0.5) is 0 Å². The van der Waals surface area contributed by atoms with E-state index in [0.29, 0.717) is 0 Å². The second-order valence-electron chi connectivity index (χ2n) is 8.67. The second-order valence-corrected chi connectivity index (χ2v) is 12.9. The van der Waals surface area contributed by atoms with Crippen LogP contribution in [0, 0.1) is 0 Å². The minimum atomic E-state index is -2.52. The summed E-state index contributed by atoms with van der Waals surface area (Å²) in [6.07, 6.45) is 5.89. The first-order valence-corrected chi connectivity index (χ1v) is 12.5. The summed E-state index contributed by atoms with van der Waals surface area (Å²) in [4.78, 5) is 0. The molecule has 4 heteroatoms. The van der Waals surface area contributed by atoms with Gasteiger partial charge < -0.3 is 13.9 Å². The summed E-state index contributed by atoms with van der Waals surface area (Å²) < 4.78 is 18.3. The standard InChI is InChI=1S/C25H34O3Si/c1-21(13-11-18-24-26-19-12-20-27-24)28-29(25(2,3)4,22-14-7-5-8-15-22)23-16-9-6-10-17-23/h5-11,13-17,21,24H,12,18-20H2,1-4H3/b13-11-/t21-/m0/s1. The van der Waals surface area contributed by atoms with E-state index in [9.17, 15) is 0 Å². The molecule has 1 saturated heterocycles. The third-order valence-corrected chi connectivity index (χ3v) is 10.5. The van der Waals surface area contributed by atoms with Gasteiger partial charge in [0, 0.05) is 6.42 Å². The van der Waals surface area contributed by atoms with Crippen LogP contribution >= 0.6 is 0 Å². The predicted octanol–water partition coefficient (Wildman–Crippen LogP) is 4.66. The Bertz CT molecular complexity index is 722. The lowest BCUT2D eigenvalue weighted by molar-refractivity contribution is -0.175. The fourth-order valence-electron chi connectivity index (χ4n) is 4.06. The number of ether oxygens (including phenoxy) is 2.